The largest absolute Gasteiger partial charge is 0.490 e. The van der Waals surface area contributed by atoms with Gasteiger partial charge in [0, 0.05) is 17.9 Å². The van der Waals surface area contributed by atoms with Crippen molar-refractivity contribution < 1.29 is 22.6 Å². The fourth-order valence-corrected chi connectivity index (χ4v) is 7.29. The molecule has 242 valence electrons. The van der Waals surface area contributed by atoms with E-state index in [-0.39, 0.29) is 34.7 Å². The molecule has 3 heterocycles. The van der Waals surface area contributed by atoms with E-state index in [1.54, 1.807) is 37.7 Å². The molecule has 2 aromatic heterocycles. The Labute approximate surface area is 271 Å². The van der Waals surface area contributed by atoms with Crippen molar-refractivity contribution in [2.24, 2.45) is 11.8 Å². The molecule has 0 spiro atoms. The normalized spacial score (nSPS) is 19.2. The molecular weight excluding hydrogens is 602 g/mol. The second kappa shape index (κ2) is 13.2. The predicted octanol–water partition coefficient (Wildman–Crippen LogP) is 6.67. The lowest BCUT2D eigenvalue weighted by molar-refractivity contribution is 0.119. The van der Waals surface area contributed by atoms with E-state index in [1.807, 2.05) is 38.1 Å². The maximum atomic E-state index is 13.8. The van der Waals surface area contributed by atoms with Crippen LogP contribution < -0.4 is 18.9 Å². The number of hydrogen-bond donors (Lipinski definition) is 1. The summed E-state index contributed by atoms with van der Waals surface area (Å²) in [6.07, 6.45) is 8.30. The molecule has 0 saturated heterocycles. The van der Waals surface area contributed by atoms with Gasteiger partial charge < -0.3 is 14.2 Å². The van der Waals surface area contributed by atoms with Crippen LogP contribution >= 0.6 is 0 Å². The van der Waals surface area contributed by atoms with Gasteiger partial charge in [-0.25, -0.2) is 28.1 Å². The zero-order valence-electron chi connectivity index (χ0n) is 27.0. The van der Waals surface area contributed by atoms with Gasteiger partial charge in [-0.3, -0.25) is 0 Å². The average Bonchev–Trinajstić information content (AvgIpc) is 3.00. The maximum absolute atomic E-state index is 13.8. The van der Waals surface area contributed by atoms with Crippen LogP contribution in [0.2, 0.25) is 0 Å². The summed E-state index contributed by atoms with van der Waals surface area (Å²) in [4.78, 5) is 18.6. The summed E-state index contributed by atoms with van der Waals surface area (Å²) in [5.41, 5.74) is 4.09. The molecule has 2 aromatic carbocycles. The number of aryl methyl sites for hydroxylation is 2. The summed E-state index contributed by atoms with van der Waals surface area (Å²) in [7, 11) is -2.51. The fourth-order valence-electron chi connectivity index (χ4n) is 6.29. The van der Waals surface area contributed by atoms with Crippen molar-refractivity contribution >= 4 is 16.0 Å². The third-order valence-corrected chi connectivity index (χ3v) is 10.1. The van der Waals surface area contributed by atoms with E-state index in [1.165, 1.54) is 6.42 Å². The van der Waals surface area contributed by atoms with Gasteiger partial charge in [-0.05, 0) is 80.2 Å². The molecule has 1 fully saturated rings. The summed E-state index contributed by atoms with van der Waals surface area (Å²) in [5.74, 6) is 1.91. The molecule has 11 heteroatoms. The quantitative estimate of drug-likeness (QED) is 0.224. The van der Waals surface area contributed by atoms with Gasteiger partial charge in [0.15, 0.2) is 5.75 Å². The van der Waals surface area contributed by atoms with Crippen LogP contribution in [0.15, 0.2) is 59.8 Å². The van der Waals surface area contributed by atoms with Crippen molar-refractivity contribution in [1.82, 2.24) is 19.9 Å². The van der Waals surface area contributed by atoms with E-state index in [0.717, 1.165) is 41.5 Å². The molecule has 0 radical (unpaired) electrons. The standard InChI is InChI=1S/C35H41N5O5S/c1-21(2)15-25-20-44-34-33(43-5)32(31-22(3)9-6-10-23(31)4)38-35(39-34)40-46(41,42)28-14-7-11-24(16-28)29(25)17-30-36-18-27(19-37-30)45-26-12-8-13-26/h6-7,9-11,14,16,18-19,21,25-26,29H,8,12-13,15,17,20H2,1-5H3,(H,38,39,40)/t25-,29?/m1/s1. The van der Waals surface area contributed by atoms with Gasteiger partial charge in [0.05, 0.1) is 37.1 Å². The summed E-state index contributed by atoms with van der Waals surface area (Å²) < 4.78 is 48.6. The highest BCUT2D eigenvalue weighted by molar-refractivity contribution is 7.92. The number of hydrogen-bond acceptors (Lipinski definition) is 9. The zero-order valence-corrected chi connectivity index (χ0v) is 27.8. The number of nitrogens with zero attached hydrogens (tertiary/aromatic N) is 4. The number of fused-ring (bicyclic) bond motifs is 4. The van der Waals surface area contributed by atoms with Crippen molar-refractivity contribution in [1.29, 1.82) is 0 Å². The molecule has 4 aromatic rings. The Morgan fingerprint density at radius 2 is 1.74 bits per heavy atom. The van der Waals surface area contributed by atoms with Crippen molar-refractivity contribution in [2.45, 2.75) is 76.7 Å². The lowest BCUT2D eigenvalue weighted by Crippen LogP contribution is -2.26. The molecule has 1 aliphatic heterocycles. The number of aromatic nitrogens is 4. The Morgan fingerprint density at radius 3 is 2.39 bits per heavy atom. The first kappa shape index (κ1) is 31.7. The van der Waals surface area contributed by atoms with Gasteiger partial charge in [0.1, 0.15) is 11.5 Å². The first-order chi connectivity index (χ1) is 22.1. The number of ether oxygens (including phenoxy) is 3. The zero-order chi connectivity index (χ0) is 32.4. The molecule has 1 saturated carbocycles. The van der Waals surface area contributed by atoms with Gasteiger partial charge in [-0.1, -0.05) is 44.2 Å². The number of anilines is 1. The van der Waals surface area contributed by atoms with Gasteiger partial charge in [-0.2, -0.15) is 4.98 Å². The third kappa shape index (κ3) is 6.79. The lowest BCUT2D eigenvalue weighted by atomic mass is 9.79. The Morgan fingerprint density at radius 1 is 1.02 bits per heavy atom. The molecular formula is C35H41N5O5S. The molecule has 4 bridgehead atoms. The molecule has 46 heavy (non-hydrogen) atoms. The van der Waals surface area contributed by atoms with Crippen LogP contribution in [0, 0.1) is 25.7 Å². The summed E-state index contributed by atoms with van der Waals surface area (Å²) >= 11 is 0. The van der Waals surface area contributed by atoms with Crippen LogP contribution in [-0.2, 0) is 16.4 Å². The highest BCUT2D eigenvalue weighted by atomic mass is 32.2. The molecule has 1 N–H and O–H groups in total. The Balaban J connectivity index is 1.44. The van der Waals surface area contributed by atoms with E-state index >= 15 is 0 Å². The monoisotopic (exact) mass is 643 g/mol. The summed E-state index contributed by atoms with van der Waals surface area (Å²) in [6.45, 7) is 8.61. The minimum absolute atomic E-state index is 0.0355. The summed E-state index contributed by atoms with van der Waals surface area (Å²) in [5, 5.41) is 0. The van der Waals surface area contributed by atoms with Gasteiger partial charge >= 0.3 is 0 Å². The van der Waals surface area contributed by atoms with E-state index in [4.69, 9.17) is 14.2 Å². The van der Waals surface area contributed by atoms with Gasteiger partial charge in [-0.15, -0.1) is 0 Å². The van der Waals surface area contributed by atoms with Gasteiger partial charge in [0.25, 0.3) is 15.9 Å². The van der Waals surface area contributed by atoms with Crippen LogP contribution in [0.4, 0.5) is 5.95 Å². The smallest absolute Gasteiger partial charge is 0.264 e. The molecule has 1 unspecified atom stereocenters. The topological polar surface area (TPSA) is 125 Å². The second-order valence-electron chi connectivity index (χ2n) is 12.7. The van der Waals surface area contributed by atoms with Crippen molar-refractivity contribution in [2.75, 3.05) is 18.4 Å². The number of sulfonamides is 1. The minimum atomic E-state index is -4.06. The summed E-state index contributed by atoms with van der Waals surface area (Å²) in [6, 6.07) is 13.0. The first-order valence-corrected chi connectivity index (χ1v) is 17.4. The lowest BCUT2D eigenvalue weighted by Gasteiger charge is -2.30. The highest BCUT2D eigenvalue weighted by Crippen LogP contribution is 2.41. The average molecular weight is 644 g/mol. The van der Waals surface area contributed by atoms with E-state index in [2.05, 4.69) is 38.5 Å². The van der Waals surface area contributed by atoms with Crippen molar-refractivity contribution in [3.8, 4) is 28.6 Å². The number of rotatable bonds is 8. The van der Waals surface area contributed by atoms with Crippen LogP contribution in [0.3, 0.4) is 0 Å². The van der Waals surface area contributed by atoms with E-state index in [0.29, 0.717) is 42.0 Å². The van der Waals surface area contributed by atoms with E-state index < -0.39 is 10.0 Å². The molecule has 6 rings (SSSR count). The van der Waals surface area contributed by atoms with Crippen LogP contribution in [0.1, 0.15) is 68.0 Å². The van der Waals surface area contributed by atoms with Crippen LogP contribution in [0.5, 0.6) is 17.4 Å². The fraction of sp³-hybridized carbons (Fsp3) is 0.429. The van der Waals surface area contributed by atoms with Crippen molar-refractivity contribution in [3.63, 3.8) is 0 Å². The Hall–Kier alpha value is -4.25. The van der Waals surface area contributed by atoms with E-state index in [9.17, 15) is 8.42 Å². The maximum Gasteiger partial charge on any atom is 0.264 e. The third-order valence-electron chi connectivity index (χ3n) is 8.80. The molecule has 1 aliphatic carbocycles. The molecule has 2 atom stereocenters. The highest BCUT2D eigenvalue weighted by Gasteiger charge is 2.31. The van der Waals surface area contributed by atoms with Crippen LogP contribution in [0.25, 0.3) is 11.3 Å². The van der Waals surface area contributed by atoms with Gasteiger partial charge in [0.2, 0.25) is 11.7 Å². The second-order valence-corrected chi connectivity index (χ2v) is 14.4. The molecule has 10 nitrogen and oxygen atoms in total. The van der Waals surface area contributed by atoms with Crippen molar-refractivity contribution in [3.05, 3.63) is 77.4 Å². The SMILES string of the molecule is COc1c2nc(nc1-c1c(C)cccc1C)NS(=O)(=O)c1cccc(c1)C(Cc1ncc(OC3CCC3)cn1)[C@H](CC(C)C)CO2. The Kier molecular flexibility index (Phi) is 9.13. The number of nitrogens with one attached hydrogen (secondary N) is 1. The van der Waals surface area contributed by atoms with Crippen LogP contribution in [-0.4, -0.2) is 48.2 Å². The number of benzene rings is 2. The predicted molar refractivity (Wildman–Crippen MR) is 176 cm³/mol. The number of methoxy groups -OCH3 is 1. The molecule has 0 amide bonds. The first-order valence-electron chi connectivity index (χ1n) is 15.9. The minimum Gasteiger partial charge on any atom is -0.490 e. The molecule has 2 aliphatic rings. The Bertz CT molecular complexity index is 1790.